The summed E-state index contributed by atoms with van der Waals surface area (Å²) >= 11 is 12.3. The van der Waals surface area contributed by atoms with Crippen LogP contribution in [0, 0.1) is 11.6 Å². The summed E-state index contributed by atoms with van der Waals surface area (Å²) in [5.41, 5.74) is 9.67. The van der Waals surface area contributed by atoms with Crippen molar-refractivity contribution in [3.05, 3.63) is 156 Å². The summed E-state index contributed by atoms with van der Waals surface area (Å²) in [6, 6.07) is 21.0. The predicted molar refractivity (Wildman–Crippen MR) is 511 cm³/mol. The molecule has 0 saturated carbocycles. The molecular weight excluding hydrogens is 1730 g/mol. The normalized spacial score (nSPS) is 20.2. The first-order valence-corrected chi connectivity index (χ1v) is 46.4. The Kier molecular flexibility index (Phi) is 31.9. The van der Waals surface area contributed by atoms with Crippen LogP contribution in [0.2, 0.25) is 5.02 Å². The van der Waals surface area contributed by atoms with Crippen molar-refractivity contribution in [1.82, 2.24) is 113 Å². The van der Waals surface area contributed by atoms with Gasteiger partial charge in [-0.1, -0.05) is 11.6 Å². The fraction of sp³-hybridized carbons (Fsp3) is 0.533. The third kappa shape index (κ3) is 23.0. The Morgan fingerprint density at radius 2 is 0.844 bits per heavy atom. The van der Waals surface area contributed by atoms with Crippen LogP contribution >= 0.6 is 40.3 Å². The van der Waals surface area contributed by atoms with Crippen LogP contribution in [0.25, 0.3) is 55.7 Å². The van der Waals surface area contributed by atoms with Crippen molar-refractivity contribution < 1.29 is 27.6 Å². The van der Waals surface area contributed by atoms with Gasteiger partial charge in [-0.15, -0.1) is 0 Å². The second-order valence-electron chi connectivity index (χ2n) is 35.5. The number of likely N-dealkylation sites (N-methyl/N-ethyl adjacent to an activating group) is 4. The third-order valence-corrected chi connectivity index (χ3v) is 27.7. The van der Waals surface area contributed by atoms with Gasteiger partial charge in [0, 0.05) is 258 Å². The molecule has 128 heavy (non-hydrogen) atoms. The van der Waals surface area contributed by atoms with E-state index >= 15 is 0 Å². The number of fused-ring (bicyclic) bond motifs is 6. The van der Waals surface area contributed by atoms with E-state index in [4.69, 9.17) is 35.5 Å². The van der Waals surface area contributed by atoms with Crippen molar-refractivity contribution in [2.24, 2.45) is 4.30 Å². The first-order valence-electron chi connectivity index (χ1n) is 44.9. The minimum atomic E-state index is -0.523. The van der Waals surface area contributed by atoms with Gasteiger partial charge in [0.2, 0.25) is 0 Å². The van der Waals surface area contributed by atoms with Crippen molar-refractivity contribution in [2.45, 2.75) is 114 Å². The number of hydrogen-bond acceptors (Lipinski definition) is 28. The third-order valence-electron chi connectivity index (χ3n) is 27.0. The molecule has 19 heterocycles. The van der Waals surface area contributed by atoms with Crippen LogP contribution in [-0.2, 0) is 9.31 Å². The number of piperazine rings is 4. The quantitative estimate of drug-likeness (QED) is 0.0903. The van der Waals surface area contributed by atoms with Gasteiger partial charge in [-0.25, -0.2) is 46.8 Å². The Bertz CT molecular complexity index is 5590. The van der Waals surface area contributed by atoms with Crippen molar-refractivity contribution in [3.8, 4) is 22.8 Å². The summed E-state index contributed by atoms with van der Waals surface area (Å²) in [4.78, 5) is 53.6. The SMILES string of the molecule is CN1CCN(C2CCN(c3cnn4c(Br)cnc4c3)CC2)CC1.CN1CCN(C2CCN(c3cnn4ccnc4c3)CC2)CC1.CN1CCN(C2CCNCC2)CC1.COc1cc2c(-c3cnc4cc(N5CCC(N6CCN(C)CC6)CC5)cnn34)ccnc2cc1F.COc1cc2c(B3OC(C)(C)C(C)(C)O3)ccnc2cc1F.Clc1cnn2ccnc2c1.[B]=NS. The van der Waals surface area contributed by atoms with Crippen molar-refractivity contribution in [2.75, 3.05) is 214 Å². The van der Waals surface area contributed by atoms with Crippen LogP contribution in [0.15, 0.2) is 144 Å². The Morgan fingerprint density at radius 1 is 0.461 bits per heavy atom. The monoisotopic (exact) mass is 1850 g/mol. The second-order valence-corrected chi connectivity index (χ2v) is 37.0. The number of nitrogens with one attached hydrogen (secondary N) is 1. The average Bonchev–Trinajstić information content (AvgIpc) is 1.60. The predicted octanol–water partition coefficient (Wildman–Crippen LogP) is 10.2. The number of nitrogens with zero attached hydrogens (tertiary/aromatic N) is 26. The molecule has 1 N–H and O–H groups in total. The zero-order chi connectivity index (χ0) is 89.6. The molecule has 1 radical (unpaired) electrons. The standard InChI is InChI=1S/C26H30FN7O.C16H19BFNO3.C16H23BrN6.C16H24N6.C10H21N3.C6H4ClN3.BHNS/c1-31-9-11-33(12-10-31)18-4-7-32(8-5-18)19-13-26-29-17-24(34(26)30-16-19)20-3-6-28-23-15-22(27)25(35-2)14-21(20)23;1-15(2)16(3,4)22-17(21-15)11-6-7-19-13-9-12(18)14(20-5)8-10(11)13;1-20-6-8-22(9-7-20)13-2-4-21(5-3-13)14-10-16-18-12-15(17)23(16)19-11-14;1-19-8-10-21(11-9-19)14-2-5-20(6-3-14)15-12-16-17-4-7-22(16)18-13-15;1-12-6-8-13(9-7-12)10-2-4-11-5-3-10;7-5-3-6-8-1-2-10(6)9-4-5;1-2-3/h3,6,13-18H,4-5,7-12H2,1-2H3;6-9H,1-5H3;10-13H,2-9H2,1H3;4,7,12-14H,2-3,5-6,8-11H2,1H3;10-11H,2-9H2,1H3;1-4H;3H. The number of aromatic nitrogens is 14. The molecule has 12 aromatic rings. The number of pyridine rings is 2. The van der Waals surface area contributed by atoms with E-state index in [9.17, 15) is 8.78 Å². The summed E-state index contributed by atoms with van der Waals surface area (Å²) in [6.45, 7) is 36.4. The van der Waals surface area contributed by atoms with Gasteiger partial charge in [0.1, 0.15) is 4.60 Å². The van der Waals surface area contributed by atoms with Crippen LogP contribution in [0.1, 0.15) is 79.1 Å². The number of anilines is 3. The van der Waals surface area contributed by atoms with Gasteiger partial charge >= 0.3 is 31.9 Å². The van der Waals surface area contributed by atoms with E-state index in [0.29, 0.717) is 22.1 Å². The number of ether oxygens (including phenoxy) is 2. The zero-order valence-corrected chi connectivity index (χ0v) is 78.7. The van der Waals surface area contributed by atoms with E-state index in [1.165, 1.54) is 194 Å². The van der Waals surface area contributed by atoms with E-state index < -0.39 is 30.0 Å². The molecule has 2 aromatic carbocycles. The molecule has 9 fully saturated rings. The molecule has 0 amide bonds. The molecule has 38 heteroatoms. The number of piperidine rings is 4. The van der Waals surface area contributed by atoms with Gasteiger partial charge in [0.05, 0.1) is 101 Å². The van der Waals surface area contributed by atoms with Gasteiger partial charge in [0.15, 0.2) is 45.7 Å². The summed E-state index contributed by atoms with van der Waals surface area (Å²) in [6.07, 6.45) is 31.5. The number of thiol groups is 1. The van der Waals surface area contributed by atoms with Crippen LogP contribution in [0.5, 0.6) is 11.5 Å². The topological polar surface area (TPSA) is 243 Å². The molecule has 0 spiro atoms. The summed E-state index contributed by atoms with van der Waals surface area (Å²) in [7, 11) is 15.6. The maximum atomic E-state index is 14.2. The molecule has 681 valence electrons. The number of benzene rings is 2. The second kappa shape index (κ2) is 43.5. The van der Waals surface area contributed by atoms with Crippen LogP contribution in [0.3, 0.4) is 0 Å². The average molecular weight is 1850 g/mol. The number of methoxy groups -OCH3 is 2. The minimum absolute atomic E-state index is 0.179. The van der Waals surface area contributed by atoms with Gasteiger partial charge in [-0.2, -0.15) is 20.4 Å². The Hall–Kier alpha value is -8.79. The van der Waals surface area contributed by atoms with Gasteiger partial charge < -0.3 is 58.4 Å². The first kappa shape index (κ1) is 93.9. The Labute approximate surface area is 769 Å². The van der Waals surface area contributed by atoms with E-state index in [1.807, 2.05) is 84.4 Å². The molecule has 9 saturated heterocycles. The Balaban J connectivity index is 0.000000122. The summed E-state index contributed by atoms with van der Waals surface area (Å²) < 4.78 is 61.2. The number of halogens is 4. The molecule has 0 bridgehead atoms. The Morgan fingerprint density at radius 3 is 1.30 bits per heavy atom. The van der Waals surface area contributed by atoms with Crippen LogP contribution < -0.4 is 35.0 Å². The fourth-order valence-corrected chi connectivity index (χ4v) is 18.9. The molecule has 10 aromatic heterocycles. The molecule has 0 unspecified atom stereocenters. The van der Waals surface area contributed by atoms with Crippen molar-refractivity contribution >= 4 is 122 Å². The molecule has 31 nitrogen and oxygen atoms in total. The molecule has 9 aliphatic heterocycles. The van der Waals surface area contributed by atoms with Crippen molar-refractivity contribution in [3.63, 3.8) is 0 Å². The van der Waals surface area contributed by atoms with Crippen LogP contribution in [0.4, 0.5) is 25.8 Å². The fourth-order valence-electron chi connectivity index (χ4n) is 18.4. The van der Waals surface area contributed by atoms with Gasteiger partial charge in [-0.3, -0.25) is 29.6 Å². The van der Waals surface area contributed by atoms with Gasteiger partial charge in [0.25, 0.3) is 0 Å². The number of imidazole rings is 4. The first-order chi connectivity index (χ1) is 62.0. The van der Waals surface area contributed by atoms with E-state index in [2.05, 4.69) is 191 Å². The zero-order valence-electron chi connectivity index (χ0n) is 75.5. The number of rotatable bonds is 11. The molecule has 0 atom stereocenters. The van der Waals surface area contributed by atoms with Crippen LogP contribution in [-0.4, -0.2) is 357 Å². The summed E-state index contributed by atoms with van der Waals surface area (Å²) in [5, 5.41) is 23.2. The molecule has 9 aliphatic rings. The molecule has 21 rings (SSSR count). The summed E-state index contributed by atoms with van der Waals surface area (Å²) in [5.74, 6) is -0.496. The number of hydrogen-bond donors (Lipinski definition) is 2. The molecule has 0 aliphatic carbocycles. The van der Waals surface area contributed by atoms with E-state index in [0.717, 1.165) is 131 Å². The van der Waals surface area contributed by atoms with Crippen molar-refractivity contribution in [1.29, 1.82) is 0 Å². The maximum absolute atomic E-state index is 14.2. The van der Waals surface area contributed by atoms with E-state index in [-0.39, 0.29) is 11.5 Å². The molecular formula is C90H122B2BrClF2N27O4S. The van der Waals surface area contributed by atoms with E-state index in [1.54, 1.807) is 66.1 Å². The van der Waals surface area contributed by atoms with Gasteiger partial charge in [-0.05, 0) is 166 Å².